The Morgan fingerprint density at radius 1 is 0.763 bits per heavy atom. The lowest BCUT2D eigenvalue weighted by Gasteiger charge is -2.39. The van der Waals surface area contributed by atoms with Gasteiger partial charge in [-0.25, -0.2) is 0 Å². The standard InChI is InChI=1S/C33H31BrN2O2/c34-30-16-11-27(12-17-30)25-38-31-18-13-26(14-19-31)15-20-32(37)35-21-23-36(24-22-35)33(28-7-3-1-4-8-28)29-9-5-2-6-10-29/h1-20,33H,21-25H2/b20-15+. The highest BCUT2D eigenvalue weighted by Gasteiger charge is 2.27. The summed E-state index contributed by atoms with van der Waals surface area (Å²) < 4.78 is 6.93. The Bertz CT molecular complexity index is 1290. The number of benzene rings is 4. The zero-order valence-electron chi connectivity index (χ0n) is 21.2. The summed E-state index contributed by atoms with van der Waals surface area (Å²) in [5.41, 5.74) is 4.65. The van der Waals surface area contributed by atoms with Gasteiger partial charge in [0.1, 0.15) is 12.4 Å². The molecule has 0 aromatic heterocycles. The van der Waals surface area contributed by atoms with Gasteiger partial charge in [-0.3, -0.25) is 9.69 Å². The molecule has 5 heteroatoms. The number of carbonyl (C=O) groups excluding carboxylic acids is 1. The predicted molar refractivity (Wildman–Crippen MR) is 157 cm³/mol. The number of carbonyl (C=O) groups is 1. The summed E-state index contributed by atoms with van der Waals surface area (Å²) in [7, 11) is 0. The van der Waals surface area contributed by atoms with E-state index in [4.69, 9.17) is 4.74 Å². The number of halogens is 1. The van der Waals surface area contributed by atoms with Crippen LogP contribution < -0.4 is 4.74 Å². The first-order valence-corrected chi connectivity index (χ1v) is 13.7. The van der Waals surface area contributed by atoms with E-state index in [9.17, 15) is 4.79 Å². The van der Waals surface area contributed by atoms with Gasteiger partial charge in [0, 0.05) is 36.7 Å². The van der Waals surface area contributed by atoms with Crippen molar-refractivity contribution in [2.75, 3.05) is 26.2 Å². The van der Waals surface area contributed by atoms with E-state index in [0.717, 1.165) is 34.4 Å². The first kappa shape index (κ1) is 26.0. The van der Waals surface area contributed by atoms with E-state index in [1.54, 1.807) is 6.08 Å². The summed E-state index contributed by atoms with van der Waals surface area (Å²) in [6, 6.07) is 37.4. The van der Waals surface area contributed by atoms with Gasteiger partial charge in [-0.1, -0.05) is 101 Å². The summed E-state index contributed by atoms with van der Waals surface area (Å²) in [4.78, 5) is 17.3. The second-order valence-electron chi connectivity index (χ2n) is 9.40. The topological polar surface area (TPSA) is 32.8 Å². The molecule has 38 heavy (non-hydrogen) atoms. The molecule has 0 saturated carbocycles. The van der Waals surface area contributed by atoms with Crippen molar-refractivity contribution in [3.05, 3.63) is 142 Å². The predicted octanol–water partition coefficient (Wildman–Crippen LogP) is 6.98. The van der Waals surface area contributed by atoms with E-state index in [-0.39, 0.29) is 11.9 Å². The third-order valence-corrected chi connectivity index (χ3v) is 7.37. The lowest BCUT2D eigenvalue weighted by atomic mass is 9.96. The van der Waals surface area contributed by atoms with Crippen LogP contribution in [0.25, 0.3) is 6.08 Å². The smallest absolute Gasteiger partial charge is 0.246 e. The van der Waals surface area contributed by atoms with Crippen molar-refractivity contribution >= 4 is 27.9 Å². The third-order valence-electron chi connectivity index (χ3n) is 6.84. The minimum Gasteiger partial charge on any atom is -0.489 e. The quantitative estimate of drug-likeness (QED) is 0.216. The fourth-order valence-electron chi connectivity index (χ4n) is 4.78. The number of ether oxygens (including phenoxy) is 1. The van der Waals surface area contributed by atoms with Crippen LogP contribution in [0.2, 0.25) is 0 Å². The van der Waals surface area contributed by atoms with Crippen molar-refractivity contribution in [3.63, 3.8) is 0 Å². The van der Waals surface area contributed by atoms with E-state index in [1.165, 1.54) is 11.1 Å². The van der Waals surface area contributed by atoms with Gasteiger partial charge in [-0.2, -0.15) is 0 Å². The van der Waals surface area contributed by atoms with Crippen molar-refractivity contribution in [2.24, 2.45) is 0 Å². The highest BCUT2D eigenvalue weighted by atomic mass is 79.9. The molecular weight excluding hydrogens is 536 g/mol. The fraction of sp³-hybridized carbons (Fsp3) is 0.182. The third kappa shape index (κ3) is 6.80. The van der Waals surface area contributed by atoms with E-state index in [2.05, 4.69) is 81.5 Å². The van der Waals surface area contributed by atoms with Crippen molar-refractivity contribution in [1.29, 1.82) is 0 Å². The summed E-state index contributed by atoms with van der Waals surface area (Å²) in [5, 5.41) is 0. The molecular formula is C33H31BrN2O2. The average molecular weight is 568 g/mol. The van der Waals surface area contributed by atoms with Crippen LogP contribution >= 0.6 is 15.9 Å². The van der Waals surface area contributed by atoms with Crippen LogP contribution in [0, 0.1) is 0 Å². The Morgan fingerprint density at radius 2 is 1.34 bits per heavy atom. The Balaban J connectivity index is 1.15. The molecule has 0 unspecified atom stereocenters. The van der Waals surface area contributed by atoms with Gasteiger partial charge in [-0.05, 0) is 52.6 Å². The number of nitrogens with zero attached hydrogens (tertiary/aromatic N) is 2. The molecule has 0 atom stereocenters. The molecule has 1 saturated heterocycles. The minimum atomic E-state index is 0.0520. The van der Waals surface area contributed by atoms with E-state index >= 15 is 0 Å². The van der Waals surface area contributed by atoms with Gasteiger partial charge in [0.15, 0.2) is 0 Å². The van der Waals surface area contributed by atoms with E-state index < -0.39 is 0 Å². The zero-order chi connectivity index (χ0) is 26.2. The number of hydrogen-bond donors (Lipinski definition) is 0. The maximum absolute atomic E-state index is 12.9. The molecule has 0 radical (unpaired) electrons. The van der Waals surface area contributed by atoms with Gasteiger partial charge in [0.2, 0.25) is 5.91 Å². The Hall–Kier alpha value is -3.67. The van der Waals surface area contributed by atoms with Crippen LogP contribution in [0.1, 0.15) is 28.3 Å². The SMILES string of the molecule is O=C(/C=C/c1ccc(OCc2ccc(Br)cc2)cc1)N1CCN(C(c2ccccc2)c2ccccc2)CC1. The number of amides is 1. The van der Waals surface area contributed by atoms with Crippen molar-refractivity contribution in [3.8, 4) is 5.75 Å². The van der Waals surface area contributed by atoms with Gasteiger partial charge in [0.25, 0.3) is 0 Å². The number of rotatable bonds is 8. The molecule has 5 rings (SSSR count). The molecule has 0 N–H and O–H groups in total. The van der Waals surface area contributed by atoms with Gasteiger partial charge in [-0.15, -0.1) is 0 Å². The second-order valence-corrected chi connectivity index (χ2v) is 10.3. The second kappa shape index (κ2) is 12.7. The highest BCUT2D eigenvalue weighted by Crippen LogP contribution is 2.29. The number of piperazine rings is 1. The van der Waals surface area contributed by atoms with Crippen LogP contribution in [0.15, 0.2) is 120 Å². The van der Waals surface area contributed by atoms with Gasteiger partial charge < -0.3 is 9.64 Å². The fourth-order valence-corrected chi connectivity index (χ4v) is 5.04. The Labute approximate surface area is 233 Å². The summed E-state index contributed by atoms with van der Waals surface area (Å²) in [6.07, 6.45) is 3.56. The molecule has 4 aromatic rings. The summed E-state index contributed by atoms with van der Waals surface area (Å²) in [5.74, 6) is 0.857. The largest absolute Gasteiger partial charge is 0.489 e. The molecule has 1 amide bonds. The lowest BCUT2D eigenvalue weighted by molar-refractivity contribution is -0.127. The van der Waals surface area contributed by atoms with Crippen molar-refractivity contribution in [1.82, 2.24) is 9.80 Å². The highest BCUT2D eigenvalue weighted by molar-refractivity contribution is 9.10. The van der Waals surface area contributed by atoms with E-state index in [0.29, 0.717) is 19.7 Å². The van der Waals surface area contributed by atoms with Crippen LogP contribution in [-0.2, 0) is 11.4 Å². The van der Waals surface area contributed by atoms with Crippen molar-refractivity contribution < 1.29 is 9.53 Å². The molecule has 0 spiro atoms. The van der Waals surface area contributed by atoms with Crippen LogP contribution in [0.5, 0.6) is 5.75 Å². The molecule has 192 valence electrons. The maximum atomic E-state index is 12.9. The van der Waals surface area contributed by atoms with Gasteiger partial charge >= 0.3 is 0 Å². The average Bonchev–Trinajstić information content (AvgIpc) is 2.98. The zero-order valence-corrected chi connectivity index (χ0v) is 22.8. The van der Waals surface area contributed by atoms with Crippen LogP contribution in [0.3, 0.4) is 0 Å². The number of hydrogen-bond acceptors (Lipinski definition) is 3. The Kier molecular flexibility index (Phi) is 8.69. The first-order valence-electron chi connectivity index (χ1n) is 12.9. The lowest BCUT2D eigenvalue weighted by Crippen LogP contribution is -2.49. The van der Waals surface area contributed by atoms with Crippen LogP contribution in [-0.4, -0.2) is 41.9 Å². The molecule has 1 aliphatic rings. The Morgan fingerprint density at radius 3 is 1.92 bits per heavy atom. The molecule has 0 aliphatic carbocycles. The van der Waals surface area contributed by atoms with Crippen molar-refractivity contribution in [2.45, 2.75) is 12.6 Å². The maximum Gasteiger partial charge on any atom is 0.246 e. The molecule has 4 nitrogen and oxygen atoms in total. The summed E-state index contributed by atoms with van der Waals surface area (Å²) >= 11 is 3.45. The molecule has 0 bridgehead atoms. The van der Waals surface area contributed by atoms with Gasteiger partial charge in [0.05, 0.1) is 6.04 Å². The van der Waals surface area contributed by atoms with E-state index in [1.807, 2.05) is 59.5 Å². The minimum absolute atomic E-state index is 0.0520. The van der Waals surface area contributed by atoms with Crippen LogP contribution in [0.4, 0.5) is 0 Å². The first-order chi connectivity index (χ1) is 18.7. The molecule has 1 aliphatic heterocycles. The molecule has 1 heterocycles. The molecule has 1 fully saturated rings. The molecule has 4 aromatic carbocycles. The monoisotopic (exact) mass is 566 g/mol. The normalized spacial score (nSPS) is 14.2. The summed E-state index contributed by atoms with van der Waals surface area (Å²) in [6.45, 7) is 3.60.